The third-order valence-electron chi connectivity index (χ3n) is 5.11. The highest BCUT2D eigenvalue weighted by molar-refractivity contribution is 5.56. The molecule has 0 amide bonds. The molecule has 3 rings (SSSR count). The highest BCUT2D eigenvalue weighted by atomic mass is 16.5. The Morgan fingerprint density at radius 3 is 2.65 bits per heavy atom. The molecule has 1 saturated heterocycles. The van der Waals surface area contributed by atoms with Crippen molar-refractivity contribution < 1.29 is 14.6 Å². The molecule has 1 aliphatic carbocycles. The van der Waals surface area contributed by atoms with Gasteiger partial charge >= 0.3 is 0 Å². The average Bonchev–Trinajstić information content (AvgIpc) is 2.61. The number of aromatic amines is 1. The Bertz CT molecular complexity index is 588. The monoisotopic (exact) mass is 316 g/mol. The molecule has 124 valence electrons. The van der Waals surface area contributed by atoms with Crippen LogP contribution in [0, 0.1) is 11.3 Å². The topological polar surface area (TPSA) is 63.6 Å². The fraction of sp³-hybridized carbons (Fsp3) is 0.667. The SMILES string of the molecule is CCc1[nH+]c(NCC[NH+]2CCOCC2)c(C#N)c2c1CCCC2. The molecule has 0 bridgehead atoms. The van der Waals surface area contributed by atoms with Gasteiger partial charge in [-0.2, -0.15) is 5.26 Å². The molecule has 0 radical (unpaired) electrons. The fourth-order valence-corrected chi connectivity index (χ4v) is 3.79. The molecule has 2 aliphatic rings. The van der Waals surface area contributed by atoms with Crippen molar-refractivity contribution in [3.63, 3.8) is 0 Å². The van der Waals surface area contributed by atoms with Crippen molar-refractivity contribution >= 4 is 5.82 Å². The summed E-state index contributed by atoms with van der Waals surface area (Å²) in [5.41, 5.74) is 4.84. The quantitative estimate of drug-likeness (QED) is 0.812. The zero-order valence-electron chi connectivity index (χ0n) is 14.1. The Morgan fingerprint density at radius 1 is 1.22 bits per heavy atom. The Morgan fingerprint density at radius 2 is 1.96 bits per heavy atom. The van der Waals surface area contributed by atoms with E-state index in [2.05, 4.69) is 23.3 Å². The summed E-state index contributed by atoms with van der Waals surface area (Å²) in [5, 5.41) is 13.2. The van der Waals surface area contributed by atoms with E-state index in [0.29, 0.717) is 0 Å². The smallest absolute Gasteiger partial charge is 0.291 e. The first-order chi connectivity index (χ1) is 11.3. The minimum atomic E-state index is 0.842. The molecule has 1 aromatic heterocycles. The number of H-pyrrole nitrogens is 1. The van der Waals surface area contributed by atoms with E-state index >= 15 is 0 Å². The van der Waals surface area contributed by atoms with Crippen LogP contribution in [0.25, 0.3) is 0 Å². The number of aryl methyl sites for hydroxylation is 1. The molecule has 5 heteroatoms. The predicted octanol–water partition coefficient (Wildman–Crippen LogP) is 0.141. The lowest BCUT2D eigenvalue weighted by molar-refractivity contribution is -0.906. The van der Waals surface area contributed by atoms with Crippen LogP contribution >= 0.6 is 0 Å². The van der Waals surface area contributed by atoms with Gasteiger partial charge in [0, 0.05) is 6.42 Å². The van der Waals surface area contributed by atoms with Gasteiger partial charge < -0.3 is 9.64 Å². The Hall–Kier alpha value is -1.64. The van der Waals surface area contributed by atoms with Crippen molar-refractivity contribution in [3.05, 3.63) is 22.4 Å². The van der Waals surface area contributed by atoms with Gasteiger partial charge in [0.05, 0.1) is 13.2 Å². The molecule has 0 spiro atoms. The molecule has 2 heterocycles. The summed E-state index contributed by atoms with van der Waals surface area (Å²) < 4.78 is 5.40. The lowest BCUT2D eigenvalue weighted by atomic mass is 9.87. The van der Waals surface area contributed by atoms with Gasteiger partial charge in [-0.1, -0.05) is 6.92 Å². The number of ether oxygens (including phenoxy) is 1. The summed E-state index contributed by atoms with van der Waals surface area (Å²) in [6, 6.07) is 2.44. The first kappa shape index (κ1) is 16.2. The molecule has 1 aromatic rings. The second-order valence-corrected chi connectivity index (χ2v) is 6.52. The van der Waals surface area contributed by atoms with E-state index in [0.717, 1.165) is 70.0 Å². The number of hydrogen-bond donors (Lipinski definition) is 2. The molecule has 0 unspecified atom stereocenters. The minimum Gasteiger partial charge on any atom is -0.370 e. The Labute approximate surface area is 138 Å². The van der Waals surface area contributed by atoms with Crippen molar-refractivity contribution in [2.75, 3.05) is 44.7 Å². The third-order valence-corrected chi connectivity index (χ3v) is 5.11. The summed E-state index contributed by atoms with van der Waals surface area (Å²) in [6.45, 7) is 8.05. The lowest BCUT2D eigenvalue weighted by Gasteiger charge is -2.23. The van der Waals surface area contributed by atoms with Gasteiger partial charge in [-0.15, -0.1) is 0 Å². The summed E-state index contributed by atoms with van der Waals surface area (Å²) in [6.07, 6.45) is 5.60. The van der Waals surface area contributed by atoms with Crippen LogP contribution in [0.4, 0.5) is 5.82 Å². The van der Waals surface area contributed by atoms with Crippen LogP contribution < -0.4 is 15.2 Å². The first-order valence-electron chi connectivity index (χ1n) is 8.98. The number of hydrogen-bond acceptors (Lipinski definition) is 3. The largest absolute Gasteiger partial charge is 0.370 e. The van der Waals surface area contributed by atoms with Crippen LogP contribution in [0.5, 0.6) is 0 Å². The molecular formula is C18H28N4O+2. The van der Waals surface area contributed by atoms with Gasteiger partial charge in [-0.3, -0.25) is 5.32 Å². The number of pyridine rings is 1. The third kappa shape index (κ3) is 3.65. The molecule has 1 fully saturated rings. The number of morpholine rings is 1. The van der Waals surface area contributed by atoms with Crippen molar-refractivity contribution in [3.8, 4) is 6.07 Å². The van der Waals surface area contributed by atoms with Crippen molar-refractivity contribution in [1.82, 2.24) is 0 Å². The van der Waals surface area contributed by atoms with Gasteiger partial charge in [0.25, 0.3) is 5.82 Å². The van der Waals surface area contributed by atoms with E-state index in [9.17, 15) is 5.26 Å². The molecule has 3 N–H and O–H groups in total. The number of nitrogens with one attached hydrogen (secondary N) is 3. The van der Waals surface area contributed by atoms with Crippen LogP contribution in [-0.4, -0.2) is 39.4 Å². The van der Waals surface area contributed by atoms with Crippen LogP contribution in [0.2, 0.25) is 0 Å². The van der Waals surface area contributed by atoms with E-state index in [1.54, 1.807) is 4.90 Å². The average molecular weight is 316 g/mol. The molecule has 0 aromatic carbocycles. The number of fused-ring (bicyclic) bond motifs is 1. The van der Waals surface area contributed by atoms with Crippen LogP contribution in [0.15, 0.2) is 0 Å². The predicted molar refractivity (Wildman–Crippen MR) is 88.6 cm³/mol. The van der Waals surface area contributed by atoms with Gasteiger partial charge in [0.2, 0.25) is 0 Å². The molecule has 1 aliphatic heterocycles. The minimum absolute atomic E-state index is 0.842. The number of aromatic nitrogens is 1. The van der Waals surface area contributed by atoms with E-state index in [1.807, 2.05) is 0 Å². The highest BCUT2D eigenvalue weighted by Crippen LogP contribution is 2.28. The van der Waals surface area contributed by atoms with Crippen LogP contribution in [-0.2, 0) is 24.0 Å². The van der Waals surface area contributed by atoms with Crippen molar-refractivity contribution in [2.24, 2.45) is 0 Å². The van der Waals surface area contributed by atoms with Gasteiger partial charge in [0.1, 0.15) is 43.5 Å². The number of anilines is 1. The number of nitrogens with zero attached hydrogens (tertiary/aromatic N) is 1. The van der Waals surface area contributed by atoms with Crippen molar-refractivity contribution in [1.29, 1.82) is 5.26 Å². The second-order valence-electron chi connectivity index (χ2n) is 6.52. The zero-order valence-corrected chi connectivity index (χ0v) is 14.1. The Kier molecular flexibility index (Phi) is 5.47. The first-order valence-corrected chi connectivity index (χ1v) is 8.98. The van der Waals surface area contributed by atoms with Crippen LogP contribution in [0.1, 0.15) is 42.1 Å². The zero-order chi connectivity index (χ0) is 16.1. The normalized spacial score (nSPS) is 18.3. The number of nitriles is 1. The molecule has 0 atom stereocenters. The maximum Gasteiger partial charge on any atom is 0.291 e. The lowest BCUT2D eigenvalue weighted by Crippen LogP contribution is -3.14. The second kappa shape index (κ2) is 7.76. The standard InChI is InChI=1S/C18H26N4O/c1-2-17-15-6-4-3-5-14(15)16(13-19)18(21-17)20-7-8-22-9-11-23-12-10-22/h2-12H2,1H3,(H,20,21)/p+2. The summed E-state index contributed by atoms with van der Waals surface area (Å²) in [7, 11) is 0. The summed E-state index contributed by atoms with van der Waals surface area (Å²) in [4.78, 5) is 5.09. The van der Waals surface area contributed by atoms with E-state index in [-0.39, 0.29) is 0 Å². The number of quaternary nitrogens is 1. The van der Waals surface area contributed by atoms with Crippen LogP contribution in [0.3, 0.4) is 0 Å². The number of rotatable bonds is 5. The Balaban J connectivity index is 1.74. The van der Waals surface area contributed by atoms with E-state index in [1.165, 1.54) is 29.7 Å². The molecule has 23 heavy (non-hydrogen) atoms. The van der Waals surface area contributed by atoms with Gasteiger partial charge in [0.15, 0.2) is 0 Å². The van der Waals surface area contributed by atoms with Gasteiger partial charge in [-0.05, 0) is 36.8 Å². The molecule has 0 saturated carbocycles. The van der Waals surface area contributed by atoms with Gasteiger partial charge in [-0.25, -0.2) is 4.98 Å². The maximum atomic E-state index is 9.65. The fourth-order valence-electron chi connectivity index (χ4n) is 3.79. The highest BCUT2D eigenvalue weighted by Gasteiger charge is 2.25. The van der Waals surface area contributed by atoms with E-state index < -0.39 is 0 Å². The summed E-state index contributed by atoms with van der Waals surface area (Å²) >= 11 is 0. The van der Waals surface area contributed by atoms with Crippen molar-refractivity contribution in [2.45, 2.75) is 39.0 Å². The summed E-state index contributed by atoms with van der Waals surface area (Å²) in [5.74, 6) is 0.928. The molecular weight excluding hydrogens is 288 g/mol. The maximum absolute atomic E-state index is 9.65. The van der Waals surface area contributed by atoms with E-state index in [4.69, 9.17) is 4.74 Å². The molecule has 5 nitrogen and oxygen atoms in total.